The summed E-state index contributed by atoms with van der Waals surface area (Å²) in [4.78, 5) is 15.9. The maximum Gasteiger partial charge on any atom is 0.337 e. The molecule has 0 amide bonds. The van der Waals surface area contributed by atoms with E-state index in [1.807, 2.05) is 18.2 Å². The molecule has 0 saturated carbocycles. The Labute approximate surface area is 157 Å². The fourth-order valence-electron chi connectivity index (χ4n) is 2.44. The van der Waals surface area contributed by atoms with Gasteiger partial charge in [0.05, 0.1) is 36.7 Å². The van der Waals surface area contributed by atoms with E-state index < -0.39 is 17.2 Å². The fourth-order valence-corrected chi connectivity index (χ4v) is 2.99. The van der Waals surface area contributed by atoms with Crippen molar-refractivity contribution in [3.8, 4) is 17.2 Å². The van der Waals surface area contributed by atoms with Gasteiger partial charge in [0.25, 0.3) is 0 Å². The standard InChI is InChI=1S/C18H16N2O6S/c1-24-15-10-13(18(21)25-2)8-9-14(15)20(27(22)23)16-11-26-17(19-16)12-6-4-3-5-7-12/h3-11H,1-2H3,(H,22,23)/p-1. The first-order valence-corrected chi connectivity index (χ1v) is 8.75. The highest BCUT2D eigenvalue weighted by molar-refractivity contribution is 7.81. The number of methoxy groups -OCH3 is 2. The third-order valence-corrected chi connectivity index (χ3v) is 4.37. The lowest BCUT2D eigenvalue weighted by Gasteiger charge is -2.25. The van der Waals surface area contributed by atoms with Crippen molar-refractivity contribution < 1.29 is 27.4 Å². The van der Waals surface area contributed by atoms with Crippen LogP contribution < -0.4 is 9.04 Å². The predicted molar refractivity (Wildman–Crippen MR) is 97.3 cm³/mol. The van der Waals surface area contributed by atoms with Crippen LogP contribution in [0.15, 0.2) is 59.2 Å². The van der Waals surface area contributed by atoms with Crippen molar-refractivity contribution in [3.05, 3.63) is 60.4 Å². The predicted octanol–water partition coefficient (Wildman–Crippen LogP) is 3.07. The van der Waals surface area contributed by atoms with Crippen molar-refractivity contribution in [2.75, 3.05) is 18.5 Å². The van der Waals surface area contributed by atoms with E-state index in [9.17, 15) is 13.6 Å². The van der Waals surface area contributed by atoms with Gasteiger partial charge in [-0.2, -0.15) is 4.98 Å². The zero-order valence-corrected chi connectivity index (χ0v) is 15.3. The normalized spacial score (nSPS) is 11.7. The summed E-state index contributed by atoms with van der Waals surface area (Å²) in [6.07, 6.45) is 1.23. The third kappa shape index (κ3) is 3.83. The quantitative estimate of drug-likeness (QED) is 0.473. The summed E-state index contributed by atoms with van der Waals surface area (Å²) in [6, 6.07) is 13.3. The van der Waals surface area contributed by atoms with Gasteiger partial charge in [-0.15, -0.1) is 0 Å². The first-order valence-electron chi connectivity index (χ1n) is 7.72. The second-order valence-electron chi connectivity index (χ2n) is 5.27. The number of ether oxygens (including phenoxy) is 2. The average molecular weight is 387 g/mol. The first-order chi connectivity index (χ1) is 13.0. The molecule has 3 aromatic rings. The van der Waals surface area contributed by atoms with Gasteiger partial charge in [0, 0.05) is 5.56 Å². The van der Waals surface area contributed by atoms with Gasteiger partial charge >= 0.3 is 5.97 Å². The van der Waals surface area contributed by atoms with E-state index in [4.69, 9.17) is 9.15 Å². The van der Waals surface area contributed by atoms with Gasteiger partial charge in [0.15, 0.2) is 5.82 Å². The zero-order valence-electron chi connectivity index (χ0n) is 14.4. The molecule has 0 spiro atoms. The number of rotatable bonds is 6. The summed E-state index contributed by atoms with van der Waals surface area (Å²) >= 11 is -2.71. The van der Waals surface area contributed by atoms with Gasteiger partial charge in [-0.05, 0) is 30.3 Å². The van der Waals surface area contributed by atoms with Gasteiger partial charge < -0.3 is 18.4 Å². The summed E-state index contributed by atoms with van der Waals surface area (Å²) in [7, 11) is 2.62. The lowest BCUT2D eigenvalue weighted by atomic mass is 10.2. The maximum absolute atomic E-state index is 11.9. The Morgan fingerprint density at radius 3 is 2.56 bits per heavy atom. The Morgan fingerprint density at radius 1 is 1.19 bits per heavy atom. The summed E-state index contributed by atoms with van der Waals surface area (Å²) < 4.78 is 40.0. The van der Waals surface area contributed by atoms with Gasteiger partial charge in [-0.1, -0.05) is 18.2 Å². The summed E-state index contributed by atoms with van der Waals surface area (Å²) in [5, 5.41) is 0. The Kier molecular flexibility index (Phi) is 5.53. The van der Waals surface area contributed by atoms with Crippen LogP contribution in [0.4, 0.5) is 11.5 Å². The van der Waals surface area contributed by atoms with Crippen LogP contribution in [0.2, 0.25) is 0 Å². The van der Waals surface area contributed by atoms with E-state index in [0.29, 0.717) is 5.56 Å². The molecular weight excluding hydrogens is 372 g/mol. The number of hydrogen-bond acceptors (Lipinski definition) is 7. The lowest BCUT2D eigenvalue weighted by molar-refractivity contribution is 0.0600. The van der Waals surface area contributed by atoms with E-state index in [2.05, 4.69) is 9.72 Å². The summed E-state index contributed by atoms with van der Waals surface area (Å²) in [6.45, 7) is 0. The molecule has 8 nitrogen and oxygen atoms in total. The Morgan fingerprint density at radius 2 is 1.93 bits per heavy atom. The smallest absolute Gasteiger partial charge is 0.337 e. The van der Waals surface area contributed by atoms with E-state index in [-0.39, 0.29) is 28.7 Å². The number of esters is 1. The molecule has 0 saturated heterocycles. The average Bonchev–Trinajstić information content (AvgIpc) is 3.17. The molecule has 3 rings (SSSR count). The van der Waals surface area contributed by atoms with Crippen LogP contribution in [0, 0.1) is 0 Å². The SMILES string of the molecule is COC(=O)c1ccc(N(c2coc(-c3ccccc3)n2)S(=O)[O-])c(OC)c1. The van der Waals surface area contributed by atoms with Crippen molar-refractivity contribution in [2.24, 2.45) is 0 Å². The molecule has 9 heteroatoms. The lowest BCUT2D eigenvalue weighted by Crippen LogP contribution is -2.20. The summed E-state index contributed by atoms with van der Waals surface area (Å²) in [5.41, 5.74) is 1.10. The molecule has 1 aromatic heterocycles. The minimum absolute atomic E-state index is 0.0475. The van der Waals surface area contributed by atoms with E-state index in [1.54, 1.807) is 12.1 Å². The van der Waals surface area contributed by atoms with Gasteiger partial charge in [-0.25, -0.2) is 9.10 Å². The molecular formula is C18H15N2O6S-. The minimum Gasteiger partial charge on any atom is -0.755 e. The monoisotopic (exact) mass is 387 g/mol. The molecule has 27 heavy (non-hydrogen) atoms. The number of benzene rings is 2. The molecule has 1 unspecified atom stereocenters. The van der Waals surface area contributed by atoms with Crippen LogP contribution in [-0.2, 0) is 16.0 Å². The summed E-state index contributed by atoms with van der Waals surface area (Å²) in [5.74, 6) is -0.0914. The van der Waals surface area contributed by atoms with Gasteiger partial charge in [-0.3, -0.25) is 4.21 Å². The zero-order chi connectivity index (χ0) is 19.4. The van der Waals surface area contributed by atoms with Crippen LogP contribution in [-0.4, -0.2) is 33.9 Å². The van der Waals surface area contributed by atoms with Crippen LogP contribution in [0.3, 0.4) is 0 Å². The molecule has 0 aliphatic carbocycles. The first kappa shape index (κ1) is 18.6. The molecule has 0 fully saturated rings. The molecule has 1 atom stereocenters. The highest BCUT2D eigenvalue weighted by atomic mass is 32.2. The molecule has 140 valence electrons. The van der Waals surface area contributed by atoms with Crippen LogP contribution >= 0.6 is 0 Å². The highest BCUT2D eigenvalue weighted by Crippen LogP contribution is 2.36. The Balaban J connectivity index is 2.03. The van der Waals surface area contributed by atoms with Crippen molar-refractivity contribution in [1.82, 2.24) is 4.98 Å². The van der Waals surface area contributed by atoms with E-state index >= 15 is 0 Å². The van der Waals surface area contributed by atoms with Gasteiger partial charge in [0.2, 0.25) is 5.89 Å². The second-order valence-corrected chi connectivity index (χ2v) is 6.07. The molecule has 1 heterocycles. The van der Waals surface area contributed by atoms with Crippen molar-refractivity contribution >= 4 is 28.7 Å². The van der Waals surface area contributed by atoms with Gasteiger partial charge in [0.1, 0.15) is 12.0 Å². The number of carbonyl (C=O) groups excluding carboxylic acids is 1. The maximum atomic E-state index is 11.9. The third-order valence-electron chi connectivity index (χ3n) is 3.69. The van der Waals surface area contributed by atoms with E-state index in [1.165, 1.54) is 38.7 Å². The molecule has 2 aromatic carbocycles. The number of oxazole rings is 1. The van der Waals surface area contributed by atoms with Crippen LogP contribution in [0.1, 0.15) is 10.4 Å². The fraction of sp³-hybridized carbons (Fsp3) is 0.111. The van der Waals surface area contributed by atoms with Crippen molar-refractivity contribution in [3.63, 3.8) is 0 Å². The molecule has 0 N–H and O–H groups in total. The highest BCUT2D eigenvalue weighted by Gasteiger charge is 2.21. The Bertz CT molecular complexity index is 973. The van der Waals surface area contributed by atoms with E-state index in [0.717, 1.165) is 4.31 Å². The van der Waals surface area contributed by atoms with Crippen LogP contribution in [0.25, 0.3) is 11.5 Å². The number of carbonyl (C=O) groups is 1. The van der Waals surface area contributed by atoms with Crippen LogP contribution in [0.5, 0.6) is 5.75 Å². The second kappa shape index (κ2) is 8.02. The molecule has 0 radical (unpaired) electrons. The number of hydrogen-bond donors (Lipinski definition) is 0. The van der Waals surface area contributed by atoms with Crippen molar-refractivity contribution in [2.45, 2.75) is 0 Å². The Hall–Kier alpha value is -3.17. The number of aromatic nitrogens is 1. The minimum atomic E-state index is -2.71. The molecule has 0 aliphatic heterocycles. The number of anilines is 2. The van der Waals surface area contributed by atoms with Crippen molar-refractivity contribution in [1.29, 1.82) is 0 Å². The molecule has 0 aliphatic rings. The topological polar surface area (TPSA) is 105 Å². The number of nitrogens with zero attached hydrogens (tertiary/aromatic N) is 2. The largest absolute Gasteiger partial charge is 0.755 e. The molecule has 0 bridgehead atoms.